The van der Waals surface area contributed by atoms with Crippen LogP contribution in [0.3, 0.4) is 0 Å². The topological polar surface area (TPSA) is 39.2 Å². The molecule has 3 nitrogen and oxygen atoms in total. The van der Waals surface area contributed by atoms with Gasteiger partial charge in [0.05, 0.1) is 15.8 Å². The first kappa shape index (κ1) is 14.6. The number of esters is 1. The number of terminal acetylenes is 1. The van der Waals surface area contributed by atoms with E-state index in [4.69, 9.17) is 22.8 Å². The summed E-state index contributed by atoms with van der Waals surface area (Å²) in [6.07, 6.45) is 5.08. The van der Waals surface area contributed by atoms with E-state index in [2.05, 4.69) is 10.9 Å². The molecule has 0 aliphatic rings. The summed E-state index contributed by atoms with van der Waals surface area (Å²) in [4.78, 5) is 16.4. The normalized spacial score (nSPS) is 10.4. The zero-order chi connectivity index (χ0) is 15.5. The van der Waals surface area contributed by atoms with E-state index in [1.807, 2.05) is 24.3 Å². The van der Waals surface area contributed by atoms with E-state index in [1.165, 1.54) is 11.3 Å². The van der Waals surface area contributed by atoms with Crippen molar-refractivity contribution in [2.24, 2.45) is 0 Å². The molecule has 22 heavy (non-hydrogen) atoms. The second kappa shape index (κ2) is 6.18. The Balaban J connectivity index is 1.97. The van der Waals surface area contributed by atoms with Crippen molar-refractivity contribution in [1.29, 1.82) is 0 Å². The quantitative estimate of drug-likeness (QED) is 0.528. The molecule has 0 unspecified atom stereocenters. The number of fused-ring (bicyclic) bond motifs is 1. The molecule has 0 radical (unpaired) electrons. The van der Waals surface area contributed by atoms with Gasteiger partial charge >= 0.3 is 5.97 Å². The van der Waals surface area contributed by atoms with Gasteiger partial charge in [0.15, 0.2) is 6.61 Å². The number of thiazole rings is 1. The van der Waals surface area contributed by atoms with E-state index in [0.29, 0.717) is 10.6 Å². The first-order valence-electron chi connectivity index (χ1n) is 6.44. The molecule has 2 aromatic carbocycles. The van der Waals surface area contributed by atoms with Crippen molar-refractivity contribution in [3.63, 3.8) is 0 Å². The Bertz CT molecular complexity index is 895. The summed E-state index contributed by atoms with van der Waals surface area (Å²) >= 11 is 7.50. The lowest BCUT2D eigenvalue weighted by atomic mass is 10.2. The molecule has 1 heterocycles. The van der Waals surface area contributed by atoms with Gasteiger partial charge in [-0.3, -0.25) is 0 Å². The average Bonchev–Trinajstić information content (AvgIpc) is 2.95. The summed E-state index contributed by atoms with van der Waals surface area (Å²) in [7, 11) is 0. The molecule has 0 spiro atoms. The fraction of sp³-hybridized carbons (Fsp3) is 0.0588. The number of halogens is 1. The van der Waals surface area contributed by atoms with Gasteiger partial charge in [-0.1, -0.05) is 29.7 Å². The molecule has 0 atom stereocenters. The van der Waals surface area contributed by atoms with E-state index >= 15 is 0 Å². The molecule has 0 aliphatic carbocycles. The number of hydrogen-bond donors (Lipinski definition) is 0. The highest BCUT2D eigenvalue weighted by Crippen LogP contribution is 2.31. The molecule has 0 bridgehead atoms. The van der Waals surface area contributed by atoms with Gasteiger partial charge in [0.25, 0.3) is 0 Å². The lowest BCUT2D eigenvalue weighted by molar-refractivity contribution is 0.0557. The molecule has 0 amide bonds. The van der Waals surface area contributed by atoms with Gasteiger partial charge in [0.1, 0.15) is 5.01 Å². The Morgan fingerprint density at radius 3 is 2.95 bits per heavy atom. The predicted molar refractivity (Wildman–Crippen MR) is 89.2 cm³/mol. The number of nitrogens with zero attached hydrogens (tertiary/aromatic N) is 1. The van der Waals surface area contributed by atoms with Crippen molar-refractivity contribution >= 4 is 39.1 Å². The zero-order valence-corrected chi connectivity index (χ0v) is 12.9. The van der Waals surface area contributed by atoms with Gasteiger partial charge in [-0.2, -0.15) is 0 Å². The standard InChI is InChI=1S/C17H10ClNO2S/c1-2-8-21-17(20)12-6-7-14-15(10-12)22-16(19-14)11-4-3-5-13(18)9-11/h1,3-7,9-10H,8H2. The molecule has 0 saturated heterocycles. The smallest absolute Gasteiger partial charge is 0.339 e. The van der Waals surface area contributed by atoms with Crippen molar-refractivity contribution in [3.8, 4) is 22.9 Å². The van der Waals surface area contributed by atoms with Crippen LogP contribution in [0.2, 0.25) is 5.02 Å². The van der Waals surface area contributed by atoms with Crippen molar-refractivity contribution in [2.75, 3.05) is 6.61 Å². The van der Waals surface area contributed by atoms with Crippen LogP contribution in [0.4, 0.5) is 0 Å². The summed E-state index contributed by atoms with van der Waals surface area (Å²) in [5.41, 5.74) is 2.24. The lowest BCUT2D eigenvalue weighted by Crippen LogP contribution is -2.04. The molecule has 1 aromatic heterocycles. The van der Waals surface area contributed by atoms with E-state index in [9.17, 15) is 4.79 Å². The van der Waals surface area contributed by atoms with E-state index < -0.39 is 5.97 Å². The molecule has 0 saturated carbocycles. The first-order valence-corrected chi connectivity index (χ1v) is 7.64. The zero-order valence-electron chi connectivity index (χ0n) is 11.4. The van der Waals surface area contributed by atoms with Crippen molar-refractivity contribution < 1.29 is 9.53 Å². The number of rotatable bonds is 3. The van der Waals surface area contributed by atoms with Gasteiger partial charge in [0.2, 0.25) is 0 Å². The summed E-state index contributed by atoms with van der Waals surface area (Å²) in [6, 6.07) is 12.8. The number of carbonyl (C=O) groups is 1. The van der Waals surface area contributed by atoms with Crippen molar-refractivity contribution in [1.82, 2.24) is 4.98 Å². The maximum Gasteiger partial charge on any atom is 0.339 e. The molecule has 3 rings (SSSR count). The van der Waals surface area contributed by atoms with Crippen LogP contribution in [0, 0.1) is 12.3 Å². The molecule has 0 N–H and O–H groups in total. The maximum atomic E-state index is 11.8. The monoisotopic (exact) mass is 327 g/mol. The molecule has 0 fully saturated rings. The van der Waals surface area contributed by atoms with E-state index in [1.54, 1.807) is 18.2 Å². The Labute approximate surface area is 136 Å². The van der Waals surface area contributed by atoms with Crippen LogP contribution in [0.5, 0.6) is 0 Å². The summed E-state index contributed by atoms with van der Waals surface area (Å²) < 4.78 is 5.83. The second-order valence-electron chi connectivity index (χ2n) is 4.49. The third kappa shape index (κ3) is 2.96. The minimum absolute atomic E-state index is 0.0344. The minimum atomic E-state index is -0.433. The van der Waals surface area contributed by atoms with Crippen LogP contribution in [-0.2, 0) is 4.74 Å². The van der Waals surface area contributed by atoms with Gasteiger partial charge in [-0.05, 0) is 30.3 Å². The van der Waals surface area contributed by atoms with Crippen LogP contribution >= 0.6 is 22.9 Å². The maximum absolute atomic E-state index is 11.8. The SMILES string of the molecule is C#CCOC(=O)c1ccc2nc(-c3cccc(Cl)c3)sc2c1. The van der Waals surface area contributed by atoms with Gasteiger partial charge < -0.3 is 4.74 Å². The highest BCUT2D eigenvalue weighted by Gasteiger charge is 2.11. The van der Waals surface area contributed by atoms with Crippen LogP contribution < -0.4 is 0 Å². The van der Waals surface area contributed by atoms with Crippen LogP contribution in [0.25, 0.3) is 20.8 Å². The second-order valence-corrected chi connectivity index (χ2v) is 5.96. The number of ether oxygens (including phenoxy) is 1. The first-order chi connectivity index (χ1) is 10.7. The molecule has 3 aromatic rings. The Morgan fingerprint density at radius 2 is 2.18 bits per heavy atom. The van der Waals surface area contributed by atoms with E-state index in [0.717, 1.165) is 20.8 Å². The highest BCUT2D eigenvalue weighted by molar-refractivity contribution is 7.21. The van der Waals surface area contributed by atoms with Gasteiger partial charge in [-0.25, -0.2) is 9.78 Å². The largest absolute Gasteiger partial charge is 0.449 e. The minimum Gasteiger partial charge on any atom is -0.449 e. The summed E-state index contributed by atoms with van der Waals surface area (Å²) in [5, 5.41) is 1.52. The number of hydrogen-bond acceptors (Lipinski definition) is 4. The third-order valence-electron chi connectivity index (χ3n) is 2.98. The summed E-state index contributed by atoms with van der Waals surface area (Å²) in [5.74, 6) is 1.84. The van der Waals surface area contributed by atoms with Crippen molar-refractivity contribution in [2.45, 2.75) is 0 Å². The van der Waals surface area contributed by atoms with Gasteiger partial charge in [-0.15, -0.1) is 17.8 Å². The summed E-state index contributed by atoms with van der Waals surface area (Å²) in [6.45, 7) is -0.0344. The van der Waals surface area contributed by atoms with Crippen LogP contribution in [0.15, 0.2) is 42.5 Å². The molecule has 0 aliphatic heterocycles. The predicted octanol–water partition coefficient (Wildman–Crippen LogP) is 4.41. The Morgan fingerprint density at radius 1 is 1.32 bits per heavy atom. The molecule has 5 heteroatoms. The molecule has 108 valence electrons. The number of aromatic nitrogens is 1. The molecular formula is C17H10ClNO2S. The Hall–Kier alpha value is -2.35. The van der Waals surface area contributed by atoms with E-state index in [-0.39, 0.29) is 6.61 Å². The van der Waals surface area contributed by atoms with Gasteiger partial charge in [0, 0.05) is 10.6 Å². The highest BCUT2D eigenvalue weighted by atomic mass is 35.5. The fourth-order valence-corrected chi connectivity index (χ4v) is 3.18. The lowest BCUT2D eigenvalue weighted by Gasteiger charge is -2.00. The van der Waals surface area contributed by atoms with Crippen LogP contribution in [0.1, 0.15) is 10.4 Å². The number of carbonyl (C=O) groups excluding carboxylic acids is 1. The third-order valence-corrected chi connectivity index (χ3v) is 4.28. The number of benzene rings is 2. The fourth-order valence-electron chi connectivity index (χ4n) is 1.99. The molecular weight excluding hydrogens is 318 g/mol. The van der Waals surface area contributed by atoms with Crippen molar-refractivity contribution in [3.05, 3.63) is 53.1 Å². The van der Waals surface area contributed by atoms with Crippen LogP contribution in [-0.4, -0.2) is 17.6 Å². The average molecular weight is 328 g/mol. The Kier molecular flexibility index (Phi) is 4.10.